The van der Waals surface area contributed by atoms with E-state index in [9.17, 15) is 4.79 Å². The van der Waals surface area contributed by atoms with Gasteiger partial charge in [-0.15, -0.1) is 10.2 Å². The molecule has 2 heterocycles. The third-order valence-electron chi connectivity index (χ3n) is 3.60. The molecule has 0 atom stereocenters. The number of benzene rings is 1. The lowest BCUT2D eigenvalue weighted by Crippen LogP contribution is -2.31. The molecule has 0 fully saturated rings. The van der Waals surface area contributed by atoms with Crippen molar-refractivity contribution in [2.24, 2.45) is 0 Å². The van der Waals surface area contributed by atoms with Crippen molar-refractivity contribution < 1.29 is 14.3 Å². The van der Waals surface area contributed by atoms with Gasteiger partial charge in [-0.3, -0.25) is 4.79 Å². The number of fused-ring (bicyclic) bond motifs is 1. The van der Waals surface area contributed by atoms with Gasteiger partial charge in [0, 0.05) is 13.1 Å². The van der Waals surface area contributed by atoms with Crippen molar-refractivity contribution >= 4 is 40.8 Å². The van der Waals surface area contributed by atoms with E-state index >= 15 is 0 Å². The standard InChI is InChI=1S/C16H19N3O3S3/c1-3-19(14(20)10-24-16-18-17-15(23-2)25-16)9-11-4-5-12-13(8-11)22-7-6-21-12/h4-5,8H,3,6-7,9-10H2,1-2H3. The Morgan fingerprint density at radius 3 is 2.72 bits per heavy atom. The van der Waals surface area contributed by atoms with Gasteiger partial charge in [-0.05, 0) is 30.9 Å². The molecule has 3 rings (SSSR count). The number of carbonyl (C=O) groups is 1. The first-order chi connectivity index (χ1) is 12.2. The molecule has 1 aliphatic heterocycles. The number of amides is 1. The van der Waals surface area contributed by atoms with Gasteiger partial charge in [0.15, 0.2) is 20.2 Å². The normalized spacial score (nSPS) is 12.9. The molecular weight excluding hydrogens is 378 g/mol. The Morgan fingerprint density at radius 2 is 2.00 bits per heavy atom. The number of hydrogen-bond acceptors (Lipinski definition) is 8. The summed E-state index contributed by atoms with van der Waals surface area (Å²) >= 11 is 4.52. The Labute approximate surface area is 159 Å². The predicted octanol–water partition coefficient (Wildman–Crippen LogP) is 3.17. The molecule has 1 aromatic carbocycles. The maximum atomic E-state index is 12.5. The topological polar surface area (TPSA) is 64.6 Å². The first kappa shape index (κ1) is 18.3. The Bertz CT molecular complexity index is 738. The van der Waals surface area contributed by atoms with Crippen molar-refractivity contribution in [2.75, 3.05) is 31.8 Å². The molecule has 1 aliphatic rings. The van der Waals surface area contributed by atoms with E-state index in [0.717, 1.165) is 25.7 Å². The number of ether oxygens (including phenoxy) is 2. The van der Waals surface area contributed by atoms with Crippen LogP contribution in [0.5, 0.6) is 11.5 Å². The Hall–Kier alpha value is -1.45. The van der Waals surface area contributed by atoms with Crippen LogP contribution in [0.25, 0.3) is 0 Å². The van der Waals surface area contributed by atoms with Crippen LogP contribution in [0.3, 0.4) is 0 Å². The summed E-state index contributed by atoms with van der Waals surface area (Å²) in [6.07, 6.45) is 1.96. The number of thioether (sulfide) groups is 2. The molecule has 2 aromatic rings. The second kappa shape index (κ2) is 8.77. The van der Waals surface area contributed by atoms with Crippen LogP contribution in [-0.2, 0) is 11.3 Å². The molecule has 0 aliphatic carbocycles. The van der Waals surface area contributed by atoms with E-state index in [1.165, 1.54) is 23.1 Å². The second-order valence-corrected chi connectivity index (χ2v) is 8.47. The average Bonchev–Trinajstić information content (AvgIpc) is 3.12. The molecule has 0 radical (unpaired) electrons. The van der Waals surface area contributed by atoms with Gasteiger partial charge in [-0.25, -0.2) is 0 Å². The van der Waals surface area contributed by atoms with E-state index in [2.05, 4.69) is 10.2 Å². The third kappa shape index (κ3) is 4.80. The smallest absolute Gasteiger partial charge is 0.233 e. The van der Waals surface area contributed by atoms with Gasteiger partial charge in [0.2, 0.25) is 5.91 Å². The molecule has 6 nitrogen and oxygen atoms in total. The molecule has 25 heavy (non-hydrogen) atoms. The molecule has 0 saturated carbocycles. The summed E-state index contributed by atoms with van der Waals surface area (Å²) < 4.78 is 12.9. The number of rotatable bonds is 7. The zero-order valence-electron chi connectivity index (χ0n) is 14.1. The van der Waals surface area contributed by atoms with E-state index in [-0.39, 0.29) is 5.91 Å². The van der Waals surface area contributed by atoms with Crippen molar-refractivity contribution in [1.82, 2.24) is 15.1 Å². The molecule has 0 unspecified atom stereocenters. The third-order valence-corrected chi connectivity index (χ3v) is 6.61. The van der Waals surface area contributed by atoms with Crippen LogP contribution >= 0.6 is 34.9 Å². The fraction of sp³-hybridized carbons (Fsp3) is 0.438. The number of carbonyl (C=O) groups excluding carboxylic acids is 1. The van der Waals surface area contributed by atoms with Gasteiger partial charge >= 0.3 is 0 Å². The van der Waals surface area contributed by atoms with Gasteiger partial charge < -0.3 is 14.4 Å². The Balaban J connectivity index is 1.58. The van der Waals surface area contributed by atoms with E-state index in [4.69, 9.17) is 9.47 Å². The number of nitrogens with zero attached hydrogens (tertiary/aromatic N) is 3. The van der Waals surface area contributed by atoms with Crippen LogP contribution in [0.4, 0.5) is 0 Å². The van der Waals surface area contributed by atoms with Crippen molar-refractivity contribution in [1.29, 1.82) is 0 Å². The van der Waals surface area contributed by atoms with Crippen LogP contribution in [-0.4, -0.2) is 52.8 Å². The highest BCUT2D eigenvalue weighted by Crippen LogP contribution is 2.31. The molecular formula is C16H19N3O3S3. The minimum Gasteiger partial charge on any atom is -0.486 e. The lowest BCUT2D eigenvalue weighted by atomic mass is 10.2. The lowest BCUT2D eigenvalue weighted by molar-refractivity contribution is -0.128. The summed E-state index contributed by atoms with van der Waals surface area (Å²) in [5.74, 6) is 1.96. The summed E-state index contributed by atoms with van der Waals surface area (Å²) in [4.78, 5) is 14.3. The van der Waals surface area contributed by atoms with E-state index < -0.39 is 0 Å². The minimum atomic E-state index is 0.0864. The van der Waals surface area contributed by atoms with Gasteiger partial charge in [-0.1, -0.05) is 40.9 Å². The Kier molecular flexibility index (Phi) is 6.44. The number of aromatic nitrogens is 2. The molecule has 0 saturated heterocycles. The van der Waals surface area contributed by atoms with Crippen LogP contribution < -0.4 is 9.47 Å². The highest BCUT2D eigenvalue weighted by molar-refractivity contribution is 8.03. The van der Waals surface area contributed by atoms with E-state index in [1.54, 1.807) is 11.8 Å². The highest BCUT2D eigenvalue weighted by atomic mass is 32.2. The summed E-state index contributed by atoms with van der Waals surface area (Å²) in [5, 5.41) is 8.13. The molecule has 1 aromatic heterocycles. The largest absolute Gasteiger partial charge is 0.486 e. The van der Waals surface area contributed by atoms with Crippen LogP contribution in [0.1, 0.15) is 12.5 Å². The fourth-order valence-corrected chi connectivity index (χ4v) is 4.68. The maximum Gasteiger partial charge on any atom is 0.233 e. The molecule has 134 valence electrons. The van der Waals surface area contributed by atoms with Gasteiger partial charge in [0.05, 0.1) is 5.75 Å². The molecule has 0 N–H and O–H groups in total. The Morgan fingerprint density at radius 1 is 1.24 bits per heavy atom. The first-order valence-corrected chi connectivity index (χ1v) is 10.9. The van der Waals surface area contributed by atoms with Crippen molar-refractivity contribution in [3.05, 3.63) is 23.8 Å². The molecule has 0 spiro atoms. The summed E-state index contributed by atoms with van der Waals surface area (Å²) in [7, 11) is 0. The first-order valence-electron chi connectivity index (χ1n) is 7.86. The predicted molar refractivity (Wildman–Crippen MR) is 101 cm³/mol. The van der Waals surface area contributed by atoms with Crippen molar-refractivity contribution in [3.63, 3.8) is 0 Å². The highest BCUT2D eigenvalue weighted by Gasteiger charge is 2.17. The van der Waals surface area contributed by atoms with Crippen LogP contribution in [0.2, 0.25) is 0 Å². The molecule has 9 heteroatoms. The van der Waals surface area contributed by atoms with E-state index in [1.807, 2.05) is 36.3 Å². The van der Waals surface area contributed by atoms with E-state index in [0.29, 0.717) is 32.1 Å². The van der Waals surface area contributed by atoms with Crippen LogP contribution in [0, 0.1) is 0 Å². The lowest BCUT2D eigenvalue weighted by Gasteiger charge is -2.23. The summed E-state index contributed by atoms with van der Waals surface area (Å²) in [6.45, 7) is 4.33. The van der Waals surface area contributed by atoms with Crippen molar-refractivity contribution in [3.8, 4) is 11.5 Å². The van der Waals surface area contributed by atoms with Crippen LogP contribution in [0.15, 0.2) is 26.9 Å². The maximum absolute atomic E-state index is 12.5. The molecule has 1 amide bonds. The molecule has 0 bridgehead atoms. The zero-order chi connectivity index (χ0) is 17.6. The quantitative estimate of drug-likeness (QED) is 0.665. The monoisotopic (exact) mass is 397 g/mol. The van der Waals surface area contributed by atoms with Gasteiger partial charge in [-0.2, -0.15) is 0 Å². The number of hydrogen-bond donors (Lipinski definition) is 0. The fourth-order valence-electron chi connectivity index (χ4n) is 2.34. The minimum absolute atomic E-state index is 0.0864. The zero-order valence-corrected chi connectivity index (χ0v) is 16.5. The average molecular weight is 398 g/mol. The summed E-state index contributed by atoms with van der Waals surface area (Å²) in [5.41, 5.74) is 1.03. The van der Waals surface area contributed by atoms with Crippen molar-refractivity contribution in [2.45, 2.75) is 22.1 Å². The van der Waals surface area contributed by atoms with Gasteiger partial charge in [0.1, 0.15) is 13.2 Å². The SMILES string of the molecule is CCN(Cc1ccc2c(c1)OCCO2)C(=O)CSc1nnc(SC)s1. The van der Waals surface area contributed by atoms with Gasteiger partial charge in [0.25, 0.3) is 0 Å². The second-order valence-electron chi connectivity index (χ2n) is 5.21. The summed E-state index contributed by atoms with van der Waals surface area (Å²) in [6, 6.07) is 5.83.